The third kappa shape index (κ3) is 3.22. The molecule has 1 heterocycles. The third-order valence-corrected chi connectivity index (χ3v) is 5.23. The highest BCUT2D eigenvalue weighted by molar-refractivity contribution is 6.62. The van der Waals surface area contributed by atoms with Crippen molar-refractivity contribution in [2.24, 2.45) is 0 Å². The van der Waals surface area contributed by atoms with Crippen LogP contribution in [0.3, 0.4) is 0 Å². The molecule has 6 heteroatoms. The molecule has 0 amide bonds. The van der Waals surface area contributed by atoms with Gasteiger partial charge in [0.2, 0.25) is 0 Å². The van der Waals surface area contributed by atoms with Crippen molar-refractivity contribution in [2.75, 3.05) is 12.8 Å². The predicted octanol–water partition coefficient (Wildman–Crippen LogP) is 3.02. The molecule has 2 aromatic rings. The lowest BCUT2D eigenvalue weighted by atomic mass is 9.78. The van der Waals surface area contributed by atoms with E-state index < -0.39 is 13.1 Å². The second-order valence-electron chi connectivity index (χ2n) is 7.50. The number of methoxy groups -OCH3 is 1. The van der Waals surface area contributed by atoms with Gasteiger partial charge in [0.25, 0.3) is 0 Å². The van der Waals surface area contributed by atoms with Crippen LogP contribution in [0.15, 0.2) is 42.5 Å². The monoisotopic (exact) mass is 353 g/mol. The average Bonchev–Trinajstić information content (AvgIpc) is 2.82. The van der Waals surface area contributed by atoms with Crippen LogP contribution in [0.2, 0.25) is 0 Å². The number of rotatable bonds is 3. The second-order valence-corrected chi connectivity index (χ2v) is 7.50. The van der Waals surface area contributed by atoms with E-state index in [1.807, 2.05) is 58.0 Å². The zero-order valence-corrected chi connectivity index (χ0v) is 15.8. The van der Waals surface area contributed by atoms with E-state index in [9.17, 15) is 4.79 Å². The van der Waals surface area contributed by atoms with Gasteiger partial charge in [0, 0.05) is 5.69 Å². The highest BCUT2D eigenvalue weighted by Gasteiger charge is 2.51. The Morgan fingerprint density at radius 1 is 0.962 bits per heavy atom. The van der Waals surface area contributed by atoms with Crippen LogP contribution in [0, 0.1) is 0 Å². The van der Waals surface area contributed by atoms with Gasteiger partial charge in [-0.25, -0.2) is 4.79 Å². The van der Waals surface area contributed by atoms with E-state index in [0.29, 0.717) is 11.3 Å². The van der Waals surface area contributed by atoms with Crippen molar-refractivity contribution in [3.63, 3.8) is 0 Å². The van der Waals surface area contributed by atoms with Crippen molar-refractivity contribution >= 4 is 24.2 Å². The molecule has 2 aromatic carbocycles. The van der Waals surface area contributed by atoms with Gasteiger partial charge in [-0.1, -0.05) is 30.3 Å². The lowest BCUT2D eigenvalue weighted by Gasteiger charge is -2.32. The molecular formula is C20H24BNO4. The van der Waals surface area contributed by atoms with Crippen LogP contribution in [0.5, 0.6) is 0 Å². The molecule has 5 nitrogen and oxygen atoms in total. The summed E-state index contributed by atoms with van der Waals surface area (Å²) in [5.41, 5.74) is 8.69. The van der Waals surface area contributed by atoms with E-state index in [0.717, 1.165) is 16.6 Å². The fourth-order valence-electron chi connectivity index (χ4n) is 2.83. The fourth-order valence-corrected chi connectivity index (χ4v) is 2.83. The van der Waals surface area contributed by atoms with E-state index in [2.05, 4.69) is 0 Å². The predicted molar refractivity (Wildman–Crippen MR) is 103 cm³/mol. The number of carbonyl (C=O) groups excluding carboxylic acids is 1. The quantitative estimate of drug-likeness (QED) is 0.522. The largest absolute Gasteiger partial charge is 0.494 e. The Labute approximate surface area is 154 Å². The minimum Gasteiger partial charge on any atom is -0.465 e. The van der Waals surface area contributed by atoms with Crippen molar-refractivity contribution in [1.82, 2.24) is 0 Å². The molecule has 0 saturated carbocycles. The molecule has 0 unspecified atom stereocenters. The topological polar surface area (TPSA) is 70.8 Å². The minimum atomic E-state index is -0.446. The number of hydrogen-bond donors (Lipinski definition) is 1. The molecular weight excluding hydrogens is 329 g/mol. The van der Waals surface area contributed by atoms with Crippen LogP contribution in [-0.2, 0) is 14.0 Å². The molecule has 2 N–H and O–H groups in total. The zero-order chi connectivity index (χ0) is 19.1. The van der Waals surface area contributed by atoms with Crippen LogP contribution in [0.25, 0.3) is 11.1 Å². The lowest BCUT2D eigenvalue weighted by molar-refractivity contribution is 0.00578. The molecule has 1 aliphatic rings. The SMILES string of the molecule is COC(=O)c1cc(-c2ccc(B3OC(C)(C)C(C)(C)O3)cc2)ccc1N. The van der Waals surface area contributed by atoms with Gasteiger partial charge in [-0.15, -0.1) is 0 Å². The first-order chi connectivity index (χ1) is 12.1. The number of hydrogen-bond acceptors (Lipinski definition) is 5. The molecule has 0 radical (unpaired) electrons. The Hall–Kier alpha value is -2.31. The molecule has 0 bridgehead atoms. The molecule has 0 aromatic heterocycles. The Kier molecular flexibility index (Phi) is 4.59. The van der Waals surface area contributed by atoms with E-state index in [1.165, 1.54) is 7.11 Å². The van der Waals surface area contributed by atoms with Crippen molar-refractivity contribution in [1.29, 1.82) is 0 Å². The van der Waals surface area contributed by atoms with Gasteiger partial charge in [0.1, 0.15) is 0 Å². The molecule has 26 heavy (non-hydrogen) atoms. The van der Waals surface area contributed by atoms with Crippen LogP contribution < -0.4 is 11.2 Å². The number of benzene rings is 2. The number of carbonyl (C=O) groups is 1. The molecule has 0 spiro atoms. The van der Waals surface area contributed by atoms with Gasteiger partial charge in [0.15, 0.2) is 0 Å². The Morgan fingerprint density at radius 3 is 2.04 bits per heavy atom. The minimum absolute atomic E-state index is 0.361. The summed E-state index contributed by atoms with van der Waals surface area (Å²) in [6, 6.07) is 13.2. The third-order valence-electron chi connectivity index (χ3n) is 5.23. The summed E-state index contributed by atoms with van der Waals surface area (Å²) in [4.78, 5) is 11.8. The average molecular weight is 353 g/mol. The molecule has 136 valence electrons. The first kappa shape index (κ1) is 18.5. The van der Waals surface area contributed by atoms with E-state index in [4.69, 9.17) is 19.8 Å². The van der Waals surface area contributed by atoms with Gasteiger partial charge < -0.3 is 19.8 Å². The van der Waals surface area contributed by atoms with Crippen LogP contribution >= 0.6 is 0 Å². The Bertz CT molecular complexity index is 814. The number of nitrogen functional groups attached to an aromatic ring is 1. The lowest BCUT2D eigenvalue weighted by Crippen LogP contribution is -2.41. The maximum absolute atomic E-state index is 11.8. The molecule has 0 aliphatic carbocycles. The summed E-state index contributed by atoms with van der Waals surface area (Å²) < 4.78 is 16.9. The normalized spacial score (nSPS) is 18.0. The van der Waals surface area contributed by atoms with Crippen molar-refractivity contribution in [3.8, 4) is 11.1 Å². The Morgan fingerprint density at radius 2 is 1.50 bits per heavy atom. The molecule has 1 saturated heterocycles. The second kappa shape index (κ2) is 6.45. The highest BCUT2D eigenvalue weighted by atomic mass is 16.7. The summed E-state index contributed by atoms with van der Waals surface area (Å²) >= 11 is 0. The fraction of sp³-hybridized carbons (Fsp3) is 0.350. The highest BCUT2D eigenvalue weighted by Crippen LogP contribution is 2.36. The summed E-state index contributed by atoms with van der Waals surface area (Å²) in [7, 11) is 0.944. The standard InChI is InChI=1S/C20H24BNO4/c1-19(2)20(3,4)26-21(25-19)15-9-6-13(7-10-15)14-8-11-17(22)16(12-14)18(23)24-5/h6-12H,22H2,1-5H3. The van der Waals surface area contributed by atoms with Crippen molar-refractivity contribution < 1.29 is 18.8 Å². The summed E-state index contributed by atoms with van der Waals surface area (Å²) in [6.45, 7) is 8.13. The maximum Gasteiger partial charge on any atom is 0.494 e. The summed E-state index contributed by atoms with van der Waals surface area (Å²) in [5.74, 6) is -0.446. The van der Waals surface area contributed by atoms with Crippen molar-refractivity contribution in [3.05, 3.63) is 48.0 Å². The van der Waals surface area contributed by atoms with Gasteiger partial charge in [-0.2, -0.15) is 0 Å². The number of anilines is 1. The number of nitrogens with two attached hydrogens (primary N) is 1. The smallest absolute Gasteiger partial charge is 0.465 e. The van der Waals surface area contributed by atoms with Crippen LogP contribution in [0.1, 0.15) is 38.1 Å². The van der Waals surface area contributed by atoms with Gasteiger partial charge >= 0.3 is 13.1 Å². The molecule has 1 aliphatic heterocycles. The summed E-state index contributed by atoms with van der Waals surface area (Å²) in [5, 5.41) is 0. The van der Waals surface area contributed by atoms with Crippen LogP contribution in [0.4, 0.5) is 5.69 Å². The molecule has 0 atom stereocenters. The molecule has 3 rings (SSSR count). The van der Waals surface area contributed by atoms with E-state index in [-0.39, 0.29) is 11.2 Å². The number of ether oxygens (including phenoxy) is 1. The first-order valence-electron chi connectivity index (χ1n) is 8.58. The van der Waals surface area contributed by atoms with Gasteiger partial charge in [-0.05, 0) is 56.4 Å². The van der Waals surface area contributed by atoms with E-state index in [1.54, 1.807) is 12.1 Å². The van der Waals surface area contributed by atoms with Gasteiger partial charge in [-0.3, -0.25) is 0 Å². The van der Waals surface area contributed by atoms with Crippen molar-refractivity contribution in [2.45, 2.75) is 38.9 Å². The molecule has 1 fully saturated rings. The van der Waals surface area contributed by atoms with Gasteiger partial charge in [0.05, 0.1) is 23.9 Å². The maximum atomic E-state index is 11.8. The zero-order valence-electron chi connectivity index (χ0n) is 15.8. The Balaban J connectivity index is 1.86. The van der Waals surface area contributed by atoms with E-state index >= 15 is 0 Å². The number of esters is 1. The summed E-state index contributed by atoms with van der Waals surface area (Å²) in [6.07, 6.45) is 0. The first-order valence-corrected chi connectivity index (χ1v) is 8.58. The van der Waals surface area contributed by atoms with Crippen LogP contribution in [-0.4, -0.2) is 31.4 Å².